The van der Waals surface area contributed by atoms with Crippen molar-refractivity contribution in [1.82, 2.24) is 9.13 Å². The molecule has 0 atom stereocenters. The number of rotatable bonds is 9. The maximum Gasteiger partial charge on any atom is 0.330 e. The molecule has 33 heavy (non-hydrogen) atoms. The van der Waals surface area contributed by atoms with Crippen LogP contribution < -0.4 is 15.2 Å². The first-order valence-electron chi connectivity index (χ1n) is 10.8. The first-order valence-corrected chi connectivity index (χ1v) is 11.2. The summed E-state index contributed by atoms with van der Waals surface area (Å²) in [6, 6.07) is 7.56. The number of hydrogen-bond donors (Lipinski definition) is 1. The lowest BCUT2D eigenvalue weighted by molar-refractivity contribution is -0.137. The monoisotopic (exact) mass is 469 g/mol. The van der Waals surface area contributed by atoms with Crippen LogP contribution in [0.15, 0.2) is 53.3 Å². The van der Waals surface area contributed by atoms with Gasteiger partial charge >= 0.3 is 5.97 Å². The standard InChI is InChI=1S/C24H27N3O5S/c1-4-21(28)31-16-10-9-15-27-18-11-7-8-12-19(18)32-20(27)14-13-17-22(29)25(5-2)24(33)26(6-3)23(17)30/h4,7-8,11-13,29H,1,5-6,9-10,15-16H2,2-3H3. The molecule has 0 radical (unpaired) electrons. The number of anilines is 1. The first kappa shape index (κ1) is 24.1. The largest absolute Gasteiger partial charge is 0.494 e. The van der Waals surface area contributed by atoms with E-state index in [0.29, 0.717) is 44.3 Å². The fourth-order valence-corrected chi connectivity index (χ4v) is 3.93. The van der Waals surface area contributed by atoms with Gasteiger partial charge in [0.25, 0.3) is 5.56 Å². The molecule has 174 valence electrons. The number of carbonyl (C=O) groups is 1. The summed E-state index contributed by atoms with van der Waals surface area (Å²) in [4.78, 5) is 26.0. The van der Waals surface area contributed by atoms with Gasteiger partial charge in [-0.1, -0.05) is 24.4 Å². The summed E-state index contributed by atoms with van der Waals surface area (Å²) in [7, 11) is 0. The average molecular weight is 470 g/mol. The van der Waals surface area contributed by atoms with Crippen LogP contribution in [-0.4, -0.2) is 33.4 Å². The summed E-state index contributed by atoms with van der Waals surface area (Å²) >= 11 is 5.33. The van der Waals surface area contributed by atoms with Crippen molar-refractivity contribution in [1.29, 1.82) is 0 Å². The normalized spacial score (nSPS) is 12.1. The number of para-hydroxylation sites is 2. The Morgan fingerprint density at radius 1 is 1.24 bits per heavy atom. The Balaban J connectivity index is 1.93. The Morgan fingerprint density at radius 3 is 2.67 bits per heavy atom. The number of ether oxygens (including phenoxy) is 2. The number of esters is 1. The molecule has 1 N–H and O–H groups in total. The summed E-state index contributed by atoms with van der Waals surface area (Å²) in [6.07, 6.45) is 3.96. The lowest BCUT2D eigenvalue weighted by Crippen LogP contribution is -2.26. The second kappa shape index (κ2) is 10.8. The van der Waals surface area contributed by atoms with Crippen molar-refractivity contribution in [2.75, 3.05) is 18.1 Å². The predicted molar refractivity (Wildman–Crippen MR) is 129 cm³/mol. The van der Waals surface area contributed by atoms with E-state index in [9.17, 15) is 14.7 Å². The van der Waals surface area contributed by atoms with Gasteiger partial charge < -0.3 is 19.5 Å². The van der Waals surface area contributed by atoms with Gasteiger partial charge in [0.15, 0.2) is 10.5 Å². The predicted octanol–water partition coefficient (Wildman–Crippen LogP) is 3.99. The number of unbranched alkanes of at least 4 members (excludes halogenated alkanes) is 1. The molecule has 8 nitrogen and oxygen atoms in total. The summed E-state index contributed by atoms with van der Waals surface area (Å²) in [5, 5.41) is 10.6. The van der Waals surface area contributed by atoms with Crippen LogP contribution in [0.1, 0.15) is 32.3 Å². The zero-order valence-corrected chi connectivity index (χ0v) is 19.6. The topological polar surface area (TPSA) is 85.9 Å². The van der Waals surface area contributed by atoms with Crippen LogP contribution in [-0.2, 0) is 22.6 Å². The molecule has 0 amide bonds. The van der Waals surface area contributed by atoms with E-state index in [4.69, 9.17) is 21.7 Å². The highest BCUT2D eigenvalue weighted by molar-refractivity contribution is 7.71. The van der Waals surface area contributed by atoms with Gasteiger partial charge in [0, 0.05) is 31.8 Å². The molecule has 0 bridgehead atoms. The molecule has 0 fully saturated rings. The van der Waals surface area contributed by atoms with Crippen molar-refractivity contribution in [3.05, 3.63) is 69.2 Å². The Kier molecular flexibility index (Phi) is 7.92. The number of hydrogen-bond acceptors (Lipinski definition) is 7. The van der Waals surface area contributed by atoms with E-state index < -0.39 is 5.97 Å². The molecule has 1 aromatic carbocycles. The van der Waals surface area contributed by atoms with Crippen molar-refractivity contribution in [2.45, 2.75) is 39.8 Å². The number of aromatic hydroxyl groups is 1. The number of fused-ring (bicyclic) bond motifs is 1. The fourth-order valence-electron chi connectivity index (χ4n) is 3.50. The molecule has 9 heteroatoms. The Bertz CT molecular complexity index is 1240. The van der Waals surface area contributed by atoms with E-state index in [-0.39, 0.29) is 21.8 Å². The van der Waals surface area contributed by atoms with Crippen LogP contribution in [0.25, 0.3) is 6.08 Å². The van der Waals surface area contributed by atoms with Crippen LogP contribution in [0.5, 0.6) is 11.6 Å². The fraction of sp³-hybridized carbons (Fsp3) is 0.333. The molecule has 0 unspecified atom stereocenters. The maximum absolute atomic E-state index is 12.9. The van der Waals surface area contributed by atoms with E-state index >= 15 is 0 Å². The smallest absolute Gasteiger partial charge is 0.330 e. The Labute approximate surface area is 197 Å². The molecular formula is C24H27N3O5S. The summed E-state index contributed by atoms with van der Waals surface area (Å²) in [5.41, 5.74) is 3.62. The second-order valence-electron chi connectivity index (χ2n) is 7.21. The van der Waals surface area contributed by atoms with Gasteiger partial charge in [-0.25, -0.2) is 4.79 Å². The van der Waals surface area contributed by atoms with Crippen molar-refractivity contribution < 1.29 is 19.4 Å². The third-order valence-electron chi connectivity index (χ3n) is 5.20. The van der Waals surface area contributed by atoms with Crippen LogP contribution in [0.3, 0.4) is 0 Å². The molecule has 1 aliphatic heterocycles. The van der Waals surface area contributed by atoms with Crippen LogP contribution in [0, 0.1) is 4.77 Å². The minimum absolute atomic E-state index is 0.0932. The van der Waals surface area contributed by atoms with E-state index in [0.717, 1.165) is 18.2 Å². The molecular weight excluding hydrogens is 442 g/mol. The number of aromatic nitrogens is 2. The first-order chi connectivity index (χ1) is 15.9. The number of benzene rings is 1. The number of nitrogens with zero attached hydrogens (tertiary/aromatic N) is 3. The van der Waals surface area contributed by atoms with Gasteiger partial charge in [0.05, 0.1) is 12.3 Å². The van der Waals surface area contributed by atoms with Crippen molar-refractivity contribution in [2.24, 2.45) is 0 Å². The van der Waals surface area contributed by atoms with E-state index in [1.807, 2.05) is 43.0 Å². The zero-order valence-electron chi connectivity index (χ0n) is 18.7. The van der Waals surface area contributed by atoms with E-state index in [2.05, 4.69) is 12.3 Å². The highest BCUT2D eigenvalue weighted by atomic mass is 32.1. The van der Waals surface area contributed by atoms with E-state index in [1.165, 1.54) is 15.2 Å². The molecule has 2 aromatic rings. The highest BCUT2D eigenvalue weighted by Crippen LogP contribution is 2.38. The molecule has 1 aromatic heterocycles. The third kappa shape index (κ3) is 5.10. The minimum Gasteiger partial charge on any atom is -0.494 e. The molecule has 1 aliphatic rings. The Morgan fingerprint density at radius 2 is 1.97 bits per heavy atom. The van der Waals surface area contributed by atoms with Crippen LogP contribution in [0.2, 0.25) is 0 Å². The Hall–Kier alpha value is -3.55. The van der Waals surface area contributed by atoms with Gasteiger partial charge in [-0.2, -0.15) is 0 Å². The second-order valence-corrected chi connectivity index (χ2v) is 7.57. The third-order valence-corrected chi connectivity index (χ3v) is 5.64. The lowest BCUT2D eigenvalue weighted by Gasteiger charge is -2.17. The average Bonchev–Trinajstić information content (AvgIpc) is 3.16. The van der Waals surface area contributed by atoms with Crippen LogP contribution in [0.4, 0.5) is 5.69 Å². The quantitative estimate of drug-likeness (QED) is 0.195. The molecule has 3 rings (SSSR count). The number of carbonyl (C=O) groups excluding carboxylic acids is 1. The minimum atomic E-state index is -0.444. The lowest BCUT2D eigenvalue weighted by atomic mass is 10.2. The van der Waals surface area contributed by atoms with Crippen molar-refractivity contribution in [3.63, 3.8) is 0 Å². The molecule has 2 heterocycles. The van der Waals surface area contributed by atoms with Gasteiger partial charge in [0.2, 0.25) is 11.8 Å². The summed E-state index contributed by atoms with van der Waals surface area (Å²) < 4.78 is 14.2. The molecule has 0 spiro atoms. The molecule has 0 saturated heterocycles. The SMILES string of the molecule is C=CC(=O)OCCCCN1C(=C=Cc2c(O)n(CC)c(=S)n(CC)c2=O)Oc2ccccc21. The zero-order chi connectivity index (χ0) is 24.0. The summed E-state index contributed by atoms with van der Waals surface area (Å²) in [6.45, 7) is 8.74. The maximum atomic E-state index is 12.9. The van der Waals surface area contributed by atoms with Crippen molar-refractivity contribution >= 4 is 30.0 Å². The van der Waals surface area contributed by atoms with Gasteiger partial charge in [0.1, 0.15) is 5.56 Å². The summed E-state index contributed by atoms with van der Waals surface area (Å²) in [5.74, 6) is 0.439. The van der Waals surface area contributed by atoms with Gasteiger partial charge in [-0.3, -0.25) is 13.9 Å². The molecule has 0 aliphatic carbocycles. The molecule has 0 saturated carbocycles. The van der Waals surface area contributed by atoms with E-state index in [1.54, 1.807) is 0 Å². The van der Waals surface area contributed by atoms with Gasteiger partial charge in [-0.15, -0.1) is 0 Å². The highest BCUT2D eigenvalue weighted by Gasteiger charge is 2.25. The van der Waals surface area contributed by atoms with Crippen LogP contribution >= 0.6 is 12.2 Å². The van der Waals surface area contributed by atoms with Gasteiger partial charge in [-0.05, 0) is 51.0 Å². The van der Waals surface area contributed by atoms with Crippen molar-refractivity contribution in [3.8, 4) is 11.6 Å².